The zero-order valence-corrected chi connectivity index (χ0v) is 15.2. The standard InChI is InChI=1S/C18H28N2O4/c1-12(15-7-6-10-23-15)20(5)16(21)13-8-9-14(11-13)19-17(22)24-18(2,3)4/h6-7,10,12-14H,8-9,11H2,1-5H3,(H,19,22)/t12-,13-,14-/m1/s1. The summed E-state index contributed by atoms with van der Waals surface area (Å²) in [5.74, 6) is 0.784. The Morgan fingerprint density at radius 1 is 1.38 bits per heavy atom. The number of ether oxygens (including phenoxy) is 1. The summed E-state index contributed by atoms with van der Waals surface area (Å²) in [6.45, 7) is 7.44. The van der Waals surface area contributed by atoms with E-state index in [0.717, 1.165) is 18.6 Å². The van der Waals surface area contributed by atoms with Gasteiger partial charge >= 0.3 is 6.09 Å². The van der Waals surface area contributed by atoms with E-state index in [-0.39, 0.29) is 23.9 Å². The first kappa shape index (κ1) is 18.4. The highest BCUT2D eigenvalue weighted by Gasteiger charge is 2.34. The normalized spacial score (nSPS) is 22.0. The fraction of sp³-hybridized carbons (Fsp3) is 0.667. The second kappa shape index (κ2) is 7.28. The minimum atomic E-state index is -0.517. The molecule has 6 nitrogen and oxygen atoms in total. The number of nitrogens with zero attached hydrogens (tertiary/aromatic N) is 1. The van der Waals surface area contributed by atoms with E-state index >= 15 is 0 Å². The van der Waals surface area contributed by atoms with E-state index in [1.54, 1.807) is 18.2 Å². The lowest BCUT2D eigenvalue weighted by Gasteiger charge is -2.26. The summed E-state index contributed by atoms with van der Waals surface area (Å²) >= 11 is 0. The first-order valence-electron chi connectivity index (χ1n) is 8.47. The molecule has 0 spiro atoms. The van der Waals surface area contributed by atoms with Crippen LogP contribution in [0.5, 0.6) is 0 Å². The van der Waals surface area contributed by atoms with Crippen molar-refractivity contribution in [2.75, 3.05) is 7.05 Å². The van der Waals surface area contributed by atoms with Crippen LogP contribution >= 0.6 is 0 Å². The Morgan fingerprint density at radius 3 is 2.67 bits per heavy atom. The Hall–Kier alpha value is -1.98. The molecule has 24 heavy (non-hydrogen) atoms. The maximum absolute atomic E-state index is 12.7. The van der Waals surface area contributed by atoms with Crippen molar-refractivity contribution in [3.63, 3.8) is 0 Å². The molecule has 0 bridgehead atoms. The summed E-state index contributed by atoms with van der Waals surface area (Å²) in [5, 5.41) is 2.87. The van der Waals surface area contributed by atoms with Crippen molar-refractivity contribution >= 4 is 12.0 Å². The third kappa shape index (κ3) is 4.76. The van der Waals surface area contributed by atoms with Crippen LogP contribution in [0.2, 0.25) is 0 Å². The van der Waals surface area contributed by atoms with Crippen molar-refractivity contribution in [2.24, 2.45) is 5.92 Å². The van der Waals surface area contributed by atoms with Crippen LogP contribution in [0.1, 0.15) is 58.8 Å². The summed E-state index contributed by atoms with van der Waals surface area (Å²) in [4.78, 5) is 26.3. The molecule has 134 valence electrons. The Kier molecular flexibility index (Phi) is 5.57. The van der Waals surface area contributed by atoms with Crippen LogP contribution in [0, 0.1) is 5.92 Å². The number of carbonyl (C=O) groups is 2. The highest BCUT2D eigenvalue weighted by Crippen LogP contribution is 2.30. The highest BCUT2D eigenvalue weighted by atomic mass is 16.6. The van der Waals surface area contributed by atoms with Gasteiger partial charge in [-0.1, -0.05) is 0 Å². The molecule has 0 unspecified atom stereocenters. The van der Waals surface area contributed by atoms with Crippen molar-refractivity contribution in [3.8, 4) is 0 Å². The summed E-state index contributed by atoms with van der Waals surface area (Å²) in [7, 11) is 1.80. The lowest BCUT2D eigenvalue weighted by molar-refractivity contribution is -0.136. The van der Waals surface area contributed by atoms with Crippen molar-refractivity contribution < 1.29 is 18.7 Å². The average Bonchev–Trinajstić information content (AvgIpc) is 3.14. The fourth-order valence-corrected chi connectivity index (χ4v) is 3.01. The van der Waals surface area contributed by atoms with E-state index in [4.69, 9.17) is 9.15 Å². The van der Waals surface area contributed by atoms with Gasteiger partial charge in [0.2, 0.25) is 5.91 Å². The summed E-state index contributed by atoms with van der Waals surface area (Å²) in [6.07, 6.45) is 3.40. The van der Waals surface area contributed by atoms with E-state index in [2.05, 4.69) is 5.32 Å². The number of nitrogens with one attached hydrogen (secondary N) is 1. The molecule has 0 saturated heterocycles. The molecule has 1 aliphatic carbocycles. The zero-order valence-electron chi connectivity index (χ0n) is 15.2. The SMILES string of the molecule is C[C@H](c1ccco1)N(C)C(=O)[C@@H]1CC[C@@H](NC(=O)OC(C)(C)C)C1. The second-order valence-corrected chi connectivity index (χ2v) is 7.49. The molecular formula is C18H28N2O4. The Morgan fingerprint density at radius 2 is 2.08 bits per heavy atom. The topological polar surface area (TPSA) is 71.8 Å². The average molecular weight is 336 g/mol. The van der Waals surface area contributed by atoms with E-state index in [0.29, 0.717) is 6.42 Å². The lowest BCUT2D eigenvalue weighted by atomic mass is 10.0. The molecule has 1 aliphatic rings. The van der Waals surface area contributed by atoms with Gasteiger partial charge in [0, 0.05) is 19.0 Å². The van der Waals surface area contributed by atoms with Crippen molar-refractivity contribution in [3.05, 3.63) is 24.2 Å². The Bertz CT molecular complexity index is 562. The van der Waals surface area contributed by atoms with Crippen LogP contribution in [0.4, 0.5) is 4.79 Å². The number of amides is 2. The number of hydrogen-bond acceptors (Lipinski definition) is 4. The van der Waals surface area contributed by atoms with Crippen LogP contribution in [0.15, 0.2) is 22.8 Å². The van der Waals surface area contributed by atoms with Crippen molar-refractivity contribution in [1.29, 1.82) is 0 Å². The molecule has 0 radical (unpaired) electrons. The third-order valence-electron chi connectivity index (χ3n) is 4.39. The molecule has 1 N–H and O–H groups in total. The molecule has 1 heterocycles. The van der Waals surface area contributed by atoms with Gasteiger partial charge in [0.25, 0.3) is 0 Å². The van der Waals surface area contributed by atoms with Crippen LogP contribution in [0.3, 0.4) is 0 Å². The molecule has 6 heteroatoms. The van der Waals surface area contributed by atoms with Gasteiger partial charge < -0.3 is 19.4 Å². The Labute approximate surface area is 143 Å². The molecule has 1 aromatic rings. The summed E-state index contributed by atoms with van der Waals surface area (Å²) < 4.78 is 10.7. The number of furan rings is 1. The monoisotopic (exact) mass is 336 g/mol. The van der Waals surface area contributed by atoms with Gasteiger partial charge in [-0.3, -0.25) is 4.79 Å². The molecule has 0 aliphatic heterocycles. The first-order chi connectivity index (χ1) is 11.2. The lowest BCUT2D eigenvalue weighted by Crippen LogP contribution is -2.39. The minimum absolute atomic E-state index is 0.0129. The summed E-state index contributed by atoms with van der Waals surface area (Å²) in [6, 6.07) is 3.57. The molecule has 2 amide bonds. The number of alkyl carbamates (subject to hydrolysis) is 1. The van der Waals surface area contributed by atoms with Gasteiger partial charge in [-0.15, -0.1) is 0 Å². The van der Waals surface area contributed by atoms with E-state index in [1.165, 1.54) is 0 Å². The molecule has 3 atom stereocenters. The zero-order chi connectivity index (χ0) is 17.9. The van der Waals surface area contributed by atoms with Crippen LogP contribution in [-0.2, 0) is 9.53 Å². The number of hydrogen-bond donors (Lipinski definition) is 1. The molecular weight excluding hydrogens is 308 g/mol. The summed E-state index contributed by atoms with van der Waals surface area (Å²) in [5.41, 5.74) is -0.517. The van der Waals surface area contributed by atoms with E-state index in [9.17, 15) is 9.59 Å². The van der Waals surface area contributed by atoms with Gasteiger partial charge in [-0.25, -0.2) is 4.79 Å². The largest absolute Gasteiger partial charge is 0.467 e. The smallest absolute Gasteiger partial charge is 0.407 e. The van der Waals surface area contributed by atoms with Crippen LogP contribution < -0.4 is 5.32 Å². The van der Waals surface area contributed by atoms with Gasteiger partial charge in [0.05, 0.1) is 12.3 Å². The predicted octanol–water partition coefficient (Wildman–Crippen LogP) is 3.49. The van der Waals surface area contributed by atoms with Crippen LogP contribution in [0.25, 0.3) is 0 Å². The molecule has 0 aromatic carbocycles. The highest BCUT2D eigenvalue weighted by molar-refractivity contribution is 5.79. The second-order valence-electron chi connectivity index (χ2n) is 7.49. The van der Waals surface area contributed by atoms with E-state index in [1.807, 2.05) is 39.8 Å². The molecule has 1 aromatic heterocycles. The van der Waals surface area contributed by atoms with Gasteiger partial charge in [0.1, 0.15) is 11.4 Å². The van der Waals surface area contributed by atoms with Crippen molar-refractivity contribution in [1.82, 2.24) is 10.2 Å². The first-order valence-corrected chi connectivity index (χ1v) is 8.47. The van der Waals surface area contributed by atoms with Crippen molar-refractivity contribution in [2.45, 2.75) is 64.6 Å². The third-order valence-corrected chi connectivity index (χ3v) is 4.39. The van der Waals surface area contributed by atoms with Gasteiger partial charge in [-0.05, 0) is 59.1 Å². The quantitative estimate of drug-likeness (QED) is 0.913. The van der Waals surface area contributed by atoms with Gasteiger partial charge in [0.15, 0.2) is 0 Å². The maximum atomic E-state index is 12.7. The molecule has 1 saturated carbocycles. The van der Waals surface area contributed by atoms with Gasteiger partial charge in [-0.2, -0.15) is 0 Å². The maximum Gasteiger partial charge on any atom is 0.407 e. The minimum Gasteiger partial charge on any atom is -0.467 e. The number of rotatable bonds is 4. The van der Waals surface area contributed by atoms with E-state index < -0.39 is 11.7 Å². The Balaban J connectivity index is 1.86. The molecule has 2 rings (SSSR count). The van der Waals surface area contributed by atoms with Crippen LogP contribution in [-0.4, -0.2) is 35.6 Å². The number of carbonyl (C=O) groups excluding carboxylic acids is 2. The fourth-order valence-electron chi connectivity index (χ4n) is 3.01. The molecule has 1 fully saturated rings. The predicted molar refractivity (Wildman–Crippen MR) is 90.4 cm³/mol.